The molecule has 0 radical (unpaired) electrons. The number of thioether (sulfide) groups is 1. The van der Waals surface area contributed by atoms with E-state index in [1.54, 1.807) is 11.8 Å². The Kier molecular flexibility index (Phi) is 5.86. The molecule has 4 amide bonds. The van der Waals surface area contributed by atoms with E-state index >= 15 is 0 Å². The maximum Gasteiger partial charge on any atom is 0.324 e. The predicted molar refractivity (Wildman–Crippen MR) is 101 cm³/mol. The number of rotatable bonds is 5. The van der Waals surface area contributed by atoms with Gasteiger partial charge in [0.15, 0.2) is 0 Å². The lowest BCUT2D eigenvalue weighted by atomic mass is 10.0. The van der Waals surface area contributed by atoms with E-state index in [1.807, 2.05) is 17.0 Å². The Morgan fingerprint density at radius 3 is 2.38 bits per heavy atom. The Morgan fingerprint density at radius 1 is 1.19 bits per heavy atom. The lowest BCUT2D eigenvalue weighted by Crippen LogP contribution is -2.49. The minimum Gasteiger partial charge on any atom is -0.342 e. The van der Waals surface area contributed by atoms with Crippen molar-refractivity contribution in [2.75, 3.05) is 19.6 Å². The van der Waals surface area contributed by atoms with Gasteiger partial charge in [-0.3, -0.25) is 14.5 Å². The van der Waals surface area contributed by atoms with Crippen LogP contribution in [0.5, 0.6) is 0 Å². The Labute approximate surface area is 158 Å². The zero-order valence-corrected chi connectivity index (χ0v) is 16.1. The van der Waals surface area contributed by atoms with Crippen molar-refractivity contribution >= 4 is 29.6 Å². The van der Waals surface area contributed by atoms with Crippen molar-refractivity contribution < 1.29 is 14.4 Å². The summed E-state index contributed by atoms with van der Waals surface area (Å²) in [5.74, 6) is -0.0657. The zero-order valence-electron chi connectivity index (χ0n) is 15.2. The van der Waals surface area contributed by atoms with E-state index in [2.05, 4.69) is 31.3 Å². The van der Waals surface area contributed by atoms with Crippen molar-refractivity contribution in [2.45, 2.75) is 49.3 Å². The second kappa shape index (κ2) is 8.12. The fourth-order valence-electron chi connectivity index (χ4n) is 3.42. The molecule has 0 bridgehead atoms. The van der Waals surface area contributed by atoms with Crippen LogP contribution in [-0.4, -0.2) is 58.6 Å². The summed E-state index contributed by atoms with van der Waals surface area (Å²) in [4.78, 5) is 40.5. The van der Waals surface area contributed by atoms with Gasteiger partial charge in [-0.1, -0.05) is 26.0 Å². The molecule has 0 aromatic heterocycles. The molecule has 1 N–H and O–H groups in total. The predicted octanol–water partition coefficient (Wildman–Crippen LogP) is 2.27. The van der Waals surface area contributed by atoms with Crippen molar-refractivity contribution in [1.29, 1.82) is 0 Å². The van der Waals surface area contributed by atoms with Gasteiger partial charge in [-0.15, -0.1) is 11.8 Å². The van der Waals surface area contributed by atoms with Crippen LogP contribution in [0.2, 0.25) is 0 Å². The van der Waals surface area contributed by atoms with Gasteiger partial charge in [0.25, 0.3) is 0 Å². The van der Waals surface area contributed by atoms with Gasteiger partial charge in [-0.25, -0.2) is 4.79 Å². The van der Waals surface area contributed by atoms with Gasteiger partial charge < -0.3 is 10.2 Å². The number of carbonyl (C=O) groups is 3. The van der Waals surface area contributed by atoms with Crippen LogP contribution in [0, 0.1) is 0 Å². The minimum absolute atomic E-state index is 0.0864. The molecule has 26 heavy (non-hydrogen) atoms. The van der Waals surface area contributed by atoms with Crippen LogP contribution in [0.3, 0.4) is 0 Å². The molecule has 7 heteroatoms. The molecule has 2 aliphatic heterocycles. The molecule has 3 rings (SSSR count). The maximum absolute atomic E-state index is 12.5. The van der Waals surface area contributed by atoms with E-state index in [4.69, 9.17) is 0 Å². The number of nitrogens with one attached hydrogen (secondary N) is 1. The molecule has 0 unspecified atom stereocenters. The summed E-state index contributed by atoms with van der Waals surface area (Å²) in [6.45, 7) is 5.57. The van der Waals surface area contributed by atoms with E-state index in [9.17, 15) is 14.4 Å². The third-order valence-electron chi connectivity index (χ3n) is 4.71. The Bertz CT molecular complexity index is 666. The molecule has 0 saturated carbocycles. The van der Waals surface area contributed by atoms with Gasteiger partial charge >= 0.3 is 6.03 Å². The second-order valence-electron chi connectivity index (χ2n) is 7.02. The van der Waals surface area contributed by atoms with Gasteiger partial charge in [-0.05, 0) is 30.5 Å². The topological polar surface area (TPSA) is 69.7 Å². The number of piperidine rings is 1. The third kappa shape index (κ3) is 4.38. The van der Waals surface area contributed by atoms with Gasteiger partial charge in [0, 0.05) is 29.3 Å². The number of hydrogen-bond acceptors (Lipinski definition) is 4. The van der Waals surface area contributed by atoms with E-state index < -0.39 is 0 Å². The van der Waals surface area contributed by atoms with Crippen molar-refractivity contribution in [1.82, 2.24) is 15.1 Å². The minimum atomic E-state index is -0.306. The molecule has 1 aromatic rings. The largest absolute Gasteiger partial charge is 0.342 e. The first kappa shape index (κ1) is 18.8. The summed E-state index contributed by atoms with van der Waals surface area (Å²) in [5, 5.41) is 3.09. The molecule has 140 valence electrons. The normalized spacial score (nSPS) is 18.6. The number of nitrogens with zero attached hydrogens (tertiary/aromatic N) is 2. The average Bonchev–Trinajstić information content (AvgIpc) is 2.95. The number of carbonyl (C=O) groups excluding carboxylic acids is 3. The molecule has 0 spiro atoms. The highest BCUT2D eigenvalue weighted by Gasteiger charge is 2.37. The molecule has 2 saturated heterocycles. The first-order valence-electron chi connectivity index (χ1n) is 9.07. The molecule has 2 heterocycles. The Morgan fingerprint density at radius 2 is 1.85 bits per heavy atom. The number of likely N-dealkylation sites (tertiary alicyclic amines) is 1. The lowest BCUT2D eigenvalue weighted by molar-refractivity contribution is -0.132. The van der Waals surface area contributed by atoms with Crippen molar-refractivity contribution in [3.63, 3.8) is 0 Å². The van der Waals surface area contributed by atoms with Crippen LogP contribution in [0.4, 0.5) is 4.79 Å². The monoisotopic (exact) mass is 375 g/mol. The summed E-state index contributed by atoms with van der Waals surface area (Å²) in [6, 6.07) is 7.76. The van der Waals surface area contributed by atoms with Gasteiger partial charge in [0.05, 0.1) is 13.0 Å². The smallest absolute Gasteiger partial charge is 0.324 e. The maximum atomic E-state index is 12.5. The zero-order chi connectivity index (χ0) is 18.7. The van der Waals surface area contributed by atoms with Crippen LogP contribution in [0.15, 0.2) is 29.2 Å². The fraction of sp³-hybridized carbons (Fsp3) is 0.526. The number of hydrogen-bond donors (Lipinski definition) is 1. The van der Waals surface area contributed by atoms with Crippen LogP contribution < -0.4 is 5.32 Å². The average molecular weight is 375 g/mol. The molecule has 2 aliphatic rings. The fourth-order valence-corrected chi connectivity index (χ4v) is 4.26. The SMILES string of the molecule is CC(C)Sc1ccc(CC(=O)N2CCC(N3C(=O)CNC3=O)CC2)cc1. The van der Waals surface area contributed by atoms with Crippen molar-refractivity contribution in [2.24, 2.45) is 0 Å². The second-order valence-corrected chi connectivity index (χ2v) is 8.67. The Hall–Kier alpha value is -2.02. The number of imide groups is 1. The lowest BCUT2D eigenvalue weighted by Gasteiger charge is -2.35. The van der Waals surface area contributed by atoms with Gasteiger partial charge in [-0.2, -0.15) is 0 Å². The summed E-state index contributed by atoms with van der Waals surface area (Å²) in [7, 11) is 0. The molecule has 1 aromatic carbocycles. The van der Waals surface area contributed by atoms with E-state index in [1.165, 1.54) is 9.80 Å². The molecular formula is C19H25N3O3S. The molecular weight excluding hydrogens is 350 g/mol. The molecule has 0 aliphatic carbocycles. The molecule has 0 atom stereocenters. The summed E-state index contributed by atoms with van der Waals surface area (Å²) in [5.41, 5.74) is 1.01. The highest BCUT2D eigenvalue weighted by molar-refractivity contribution is 7.99. The Balaban J connectivity index is 1.50. The van der Waals surface area contributed by atoms with Crippen LogP contribution in [-0.2, 0) is 16.0 Å². The molecule has 2 fully saturated rings. The van der Waals surface area contributed by atoms with Crippen LogP contribution in [0.25, 0.3) is 0 Å². The highest BCUT2D eigenvalue weighted by Crippen LogP contribution is 2.24. The van der Waals surface area contributed by atoms with E-state index in [-0.39, 0.29) is 30.4 Å². The van der Waals surface area contributed by atoms with Gasteiger partial charge in [0.2, 0.25) is 11.8 Å². The molecule has 6 nitrogen and oxygen atoms in total. The first-order chi connectivity index (χ1) is 12.4. The van der Waals surface area contributed by atoms with Crippen molar-refractivity contribution in [3.8, 4) is 0 Å². The van der Waals surface area contributed by atoms with E-state index in [0.717, 1.165) is 5.56 Å². The standard InChI is InChI=1S/C19H25N3O3S/c1-13(2)26-16-5-3-14(4-6-16)11-17(23)21-9-7-15(8-10-21)22-18(24)12-20-19(22)25/h3-6,13,15H,7-12H2,1-2H3,(H,20,25). The van der Waals surface area contributed by atoms with Gasteiger partial charge in [0.1, 0.15) is 0 Å². The third-order valence-corrected chi connectivity index (χ3v) is 5.73. The van der Waals surface area contributed by atoms with Crippen molar-refractivity contribution in [3.05, 3.63) is 29.8 Å². The summed E-state index contributed by atoms with van der Waals surface area (Å²) < 4.78 is 0. The number of amides is 4. The number of urea groups is 1. The summed E-state index contributed by atoms with van der Waals surface area (Å²) in [6.07, 6.45) is 1.68. The summed E-state index contributed by atoms with van der Waals surface area (Å²) >= 11 is 1.81. The van der Waals surface area contributed by atoms with Crippen LogP contribution >= 0.6 is 11.8 Å². The highest BCUT2D eigenvalue weighted by atomic mass is 32.2. The first-order valence-corrected chi connectivity index (χ1v) is 9.95. The van der Waals surface area contributed by atoms with E-state index in [0.29, 0.717) is 37.6 Å². The number of benzene rings is 1. The quantitative estimate of drug-likeness (QED) is 0.633. The van der Waals surface area contributed by atoms with Crippen LogP contribution in [0.1, 0.15) is 32.3 Å².